The highest BCUT2D eigenvalue weighted by molar-refractivity contribution is 7.15. The fourth-order valence-electron chi connectivity index (χ4n) is 2.87. The SMILES string of the molecule is NC(=O)c1ccccc1NC(=O)Cc1csc2nc(-c3ccccc3)cn12. The summed E-state index contributed by atoms with van der Waals surface area (Å²) in [5.41, 5.74) is 8.78. The first-order valence-electron chi connectivity index (χ1n) is 8.31. The van der Waals surface area contributed by atoms with Gasteiger partial charge in [-0.3, -0.25) is 14.0 Å². The highest BCUT2D eigenvalue weighted by Gasteiger charge is 2.14. The van der Waals surface area contributed by atoms with E-state index in [0.29, 0.717) is 5.69 Å². The Morgan fingerprint density at radius 2 is 1.81 bits per heavy atom. The molecule has 0 aliphatic rings. The number of para-hydroxylation sites is 1. The lowest BCUT2D eigenvalue weighted by atomic mass is 10.1. The molecule has 0 radical (unpaired) electrons. The number of nitrogens with one attached hydrogen (secondary N) is 1. The molecule has 27 heavy (non-hydrogen) atoms. The fraction of sp³-hybridized carbons (Fsp3) is 0.0500. The lowest BCUT2D eigenvalue weighted by Gasteiger charge is -2.08. The van der Waals surface area contributed by atoms with Crippen LogP contribution >= 0.6 is 11.3 Å². The minimum atomic E-state index is -0.578. The molecule has 2 aromatic carbocycles. The topological polar surface area (TPSA) is 89.5 Å². The van der Waals surface area contributed by atoms with Crippen LogP contribution in [0.25, 0.3) is 16.2 Å². The highest BCUT2D eigenvalue weighted by Crippen LogP contribution is 2.24. The second kappa shape index (κ2) is 7.05. The van der Waals surface area contributed by atoms with Crippen molar-refractivity contribution in [2.45, 2.75) is 6.42 Å². The van der Waals surface area contributed by atoms with Crippen molar-refractivity contribution in [3.8, 4) is 11.3 Å². The zero-order valence-corrected chi connectivity index (χ0v) is 15.1. The van der Waals surface area contributed by atoms with Gasteiger partial charge in [0.25, 0.3) is 5.91 Å². The minimum Gasteiger partial charge on any atom is -0.366 e. The molecule has 0 fully saturated rings. The van der Waals surface area contributed by atoms with E-state index in [2.05, 4.69) is 10.3 Å². The Morgan fingerprint density at radius 3 is 2.59 bits per heavy atom. The maximum atomic E-state index is 12.5. The predicted molar refractivity (Wildman–Crippen MR) is 106 cm³/mol. The van der Waals surface area contributed by atoms with Gasteiger partial charge >= 0.3 is 0 Å². The lowest BCUT2D eigenvalue weighted by Crippen LogP contribution is -2.19. The number of imidazole rings is 1. The summed E-state index contributed by atoms with van der Waals surface area (Å²) in [4.78, 5) is 29.4. The van der Waals surface area contributed by atoms with E-state index in [9.17, 15) is 9.59 Å². The summed E-state index contributed by atoms with van der Waals surface area (Å²) in [6, 6.07) is 16.6. The van der Waals surface area contributed by atoms with Crippen LogP contribution in [0, 0.1) is 0 Å². The maximum Gasteiger partial charge on any atom is 0.250 e. The largest absolute Gasteiger partial charge is 0.366 e. The Hall–Kier alpha value is -3.45. The molecule has 3 N–H and O–H groups in total. The fourth-order valence-corrected chi connectivity index (χ4v) is 3.74. The monoisotopic (exact) mass is 376 g/mol. The van der Waals surface area contributed by atoms with E-state index in [1.54, 1.807) is 24.3 Å². The summed E-state index contributed by atoms with van der Waals surface area (Å²) < 4.78 is 1.92. The molecule has 2 heterocycles. The molecule has 4 aromatic rings. The maximum absolute atomic E-state index is 12.5. The molecule has 2 aromatic heterocycles. The Morgan fingerprint density at radius 1 is 1.07 bits per heavy atom. The number of aromatic nitrogens is 2. The number of primary amides is 1. The van der Waals surface area contributed by atoms with Crippen molar-refractivity contribution >= 4 is 33.8 Å². The first-order chi connectivity index (χ1) is 13.1. The van der Waals surface area contributed by atoms with Crippen LogP contribution in [-0.2, 0) is 11.2 Å². The van der Waals surface area contributed by atoms with Gasteiger partial charge in [-0.25, -0.2) is 4.98 Å². The molecule has 0 aliphatic carbocycles. The molecule has 0 bridgehead atoms. The molecular weight excluding hydrogens is 360 g/mol. The van der Waals surface area contributed by atoms with E-state index in [4.69, 9.17) is 5.73 Å². The predicted octanol–water partition coefficient (Wildman–Crippen LogP) is 3.34. The molecule has 6 nitrogen and oxygen atoms in total. The molecule has 0 spiro atoms. The van der Waals surface area contributed by atoms with Gasteiger partial charge < -0.3 is 11.1 Å². The van der Waals surface area contributed by atoms with Gasteiger partial charge in [-0.1, -0.05) is 42.5 Å². The Labute approximate surface area is 159 Å². The molecule has 0 saturated heterocycles. The van der Waals surface area contributed by atoms with E-state index in [-0.39, 0.29) is 17.9 Å². The first kappa shape index (κ1) is 17.0. The zero-order valence-electron chi connectivity index (χ0n) is 14.3. The quantitative estimate of drug-likeness (QED) is 0.560. The van der Waals surface area contributed by atoms with Gasteiger partial charge in [0.1, 0.15) is 0 Å². The third-order valence-corrected chi connectivity index (χ3v) is 5.05. The summed E-state index contributed by atoms with van der Waals surface area (Å²) >= 11 is 1.48. The Kier molecular flexibility index (Phi) is 4.43. The van der Waals surface area contributed by atoms with Crippen LogP contribution in [0.2, 0.25) is 0 Å². The number of hydrogen-bond donors (Lipinski definition) is 2. The van der Waals surface area contributed by atoms with Crippen molar-refractivity contribution < 1.29 is 9.59 Å². The molecule has 0 aliphatic heterocycles. The molecule has 0 saturated carbocycles. The first-order valence-corrected chi connectivity index (χ1v) is 9.19. The van der Waals surface area contributed by atoms with Crippen LogP contribution < -0.4 is 11.1 Å². The third kappa shape index (κ3) is 3.45. The van der Waals surface area contributed by atoms with Crippen LogP contribution in [0.3, 0.4) is 0 Å². The molecule has 0 atom stereocenters. The van der Waals surface area contributed by atoms with Crippen LogP contribution in [0.1, 0.15) is 16.1 Å². The van der Waals surface area contributed by atoms with Gasteiger partial charge in [-0.05, 0) is 12.1 Å². The van der Waals surface area contributed by atoms with Crippen molar-refractivity contribution in [2.75, 3.05) is 5.32 Å². The highest BCUT2D eigenvalue weighted by atomic mass is 32.1. The summed E-state index contributed by atoms with van der Waals surface area (Å²) in [5, 5.41) is 4.68. The van der Waals surface area contributed by atoms with Gasteiger partial charge in [0.15, 0.2) is 4.96 Å². The molecular formula is C20H16N4O2S. The van der Waals surface area contributed by atoms with Crippen LogP contribution in [0.4, 0.5) is 5.69 Å². The van der Waals surface area contributed by atoms with Crippen LogP contribution in [0.15, 0.2) is 66.2 Å². The molecule has 4 rings (SSSR count). The number of thiazole rings is 1. The number of carbonyl (C=O) groups excluding carboxylic acids is 2. The number of benzene rings is 2. The van der Waals surface area contributed by atoms with Gasteiger partial charge in [0.2, 0.25) is 5.91 Å². The van der Waals surface area contributed by atoms with E-state index < -0.39 is 5.91 Å². The van der Waals surface area contributed by atoms with Crippen molar-refractivity contribution in [1.29, 1.82) is 0 Å². The number of rotatable bonds is 5. The molecule has 2 amide bonds. The van der Waals surface area contributed by atoms with E-state index in [0.717, 1.165) is 21.9 Å². The average Bonchev–Trinajstić information content (AvgIpc) is 3.25. The van der Waals surface area contributed by atoms with Gasteiger partial charge in [-0.2, -0.15) is 0 Å². The van der Waals surface area contributed by atoms with Crippen molar-refractivity contribution in [3.05, 3.63) is 77.4 Å². The number of anilines is 1. The summed E-state index contributed by atoms with van der Waals surface area (Å²) in [5.74, 6) is -0.802. The van der Waals surface area contributed by atoms with Gasteiger partial charge in [-0.15, -0.1) is 11.3 Å². The second-order valence-electron chi connectivity index (χ2n) is 6.01. The minimum absolute atomic E-state index is 0.164. The number of amides is 2. The Bertz CT molecular complexity index is 1130. The summed E-state index contributed by atoms with van der Waals surface area (Å²) in [7, 11) is 0. The average molecular weight is 376 g/mol. The van der Waals surface area contributed by atoms with Crippen molar-refractivity contribution in [3.63, 3.8) is 0 Å². The second-order valence-corrected chi connectivity index (χ2v) is 6.84. The molecule has 134 valence electrons. The van der Waals surface area contributed by atoms with Crippen LogP contribution in [-0.4, -0.2) is 21.2 Å². The van der Waals surface area contributed by atoms with Crippen LogP contribution in [0.5, 0.6) is 0 Å². The third-order valence-electron chi connectivity index (χ3n) is 4.16. The Balaban J connectivity index is 1.56. The van der Waals surface area contributed by atoms with Crippen molar-refractivity contribution in [2.24, 2.45) is 5.73 Å². The van der Waals surface area contributed by atoms with Gasteiger partial charge in [0.05, 0.1) is 23.4 Å². The summed E-state index contributed by atoms with van der Waals surface area (Å²) in [6.07, 6.45) is 2.10. The number of nitrogens with zero attached hydrogens (tertiary/aromatic N) is 2. The zero-order chi connectivity index (χ0) is 18.8. The normalized spacial score (nSPS) is 10.8. The van der Waals surface area contributed by atoms with Crippen molar-refractivity contribution in [1.82, 2.24) is 9.38 Å². The summed E-state index contributed by atoms with van der Waals surface area (Å²) in [6.45, 7) is 0. The number of carbonyl (C=O) groups is 2. The van der Waals surface area contributed by atoms with Gasteiger partial charge in [0, 0.05) is 22.8 Å². The van der Waals surface area contributed by atoms with E-state index in [1.807, 2.05) is 46.3 Å². The number of fused-ring (bicyclic) bond motifs is 1. The van der Waals surface area contributed by atoms with E-state index in [1.165, 1.54) is 11.3 Å². The van der Waals surface area contributed by atoms with E-state index >= 15 is 0 Å². The number of nitrogens with two attached hydrogens (primary N) is 1. The molecule has 0 unspecified atom stereocenters. The smallest absolute Gasteiger partial charge is 0.250 e. The molecule has 7 heteroatoms. The lowest BCUT2D eigenvalue weighted by molar-refractivity contribution is -0.115. The number of hydrogen-bond acceptors (Lipinski definition) is 4. The standard InChI is InChI=1S/C20H16N4O2S/c21-19(26)15-8-4-5-9-16(15)22-18(25)10-14-12-27-20-23-17(11-24(14)20)13-6-2-1-3-7-13/h1-9,11-12H,10H2,(H2,21,26)(H,22,25).